The number of carboxylic acids is 2. The summed E-state index contributed by atoms with van der Waals surface area (Å²) < 4.78 is 0. The average Bonchev–Trinajstić information content (AvgIpc) is 2.48. The maximum Gasteiger partial charge on any atom is 1.00 e. The van der Waals surface area contributed by atoms with Gasteiger partial charge in [-0.15, -0.1) is 0 Å². The Hall–Kier alpha value is 0.536. The molecule has 0 aliphatic heterocycles. The van der Waals surface area contributed by atoms with Crippen LogP contribution in [0.3, 0.4) is 0 Å². The first kappa shape index (κ1) is 31.3. The number of hydrogen-bond acceptors (Lipinski definition) is 3. The Morgan fingerprint density at radius 1 is 0.826 bits per heavy atom. The molecule has 0 rings (SSSR count). The van der Waals surface area contributed by atoms with Crippen molar-refractivity contribution in [2.75, 3.05) is 6.54 Å². The minimum Gasteiger partial charge on any atom is -0.481 e. The minimum atomic E-state index is -0.968. The third-order valence-corrected chi connectivity index (χ3v) is 2.77. The van der Waals surface area contributed by atoms with E-state index in [1.54, 1.807) is 0 Å². The second-order valence-electron chi connectivity index (χ2n) is 5.07. The summed E-state index contributed by atoms with van der Waals surface area (Å²) in [6.45, 7) is 7.77. The zero-order valence-electron chi connectivity index (χ0n) is 15.5. The van der Waals surface area contributed by atoms with Crippen molar-refractivity contribution in [1.82, 2.24) is 0 Å². The van der Waals surface area contributed by atoms with E-state index in [4.69, 9.17) is 10.2 Å². The molecule has 0 saturated heterocycles. The smallest absolute Gasteiger partial charge is 0.481 e. The summed E-state index contributed by atoms with van der Waals surface area (Å²) in [4.78, 5) is 19.4. The van der Waals surface area contributed by atoms with Gasteiger partial charge < -0.3 is 22.9 Å². The fraction of sp³-hybridized carbons (Fsp3) is 0.824. The fourth-order valence-electron chi connectivity index (χ4n) is 1.48. The molecule has 0 aromatic rings. The quantitative estimate of drug-likeness (QED) is 0.294. The number of unbranched alkanes of at least 4 members (excludes halogenated alkanes) is 8. The number of carbonyl (C=O) groups is 2. The van der Waals surface area contributed by atoms with E-state index in [1.165, 1.54) is 44.9 Å². The van der Waals surface area contributed by atoms with Gasteiger partial charge in [0.1, 0.15) is 0 Å². The van der Waals surface area contributed by atoms with E-state index < -0.39 is 11.9 Å². The maximum atomic E-state index is 10.1. The molecule has 0 spiro atoms. The molecule has 0 aliphatic carbocycles. The van der Waals surface area contributed by atoms with Crippen LogP contribution in [-0.2, 0) is 9.59 Å². The molecule has 134 valence electrons. The van der Waals surface area contributed by atoms with E-state index in [1.807, 2.05) is 0 Å². The van der Waals surface area contributed by atoms with Crippen molar-refractivity contribution < 1.29 is 71.2 Å². The molecule has 0 aliphatic rings. The van der Waals surface area contributed by atoms with Crippen molar-refractivity contribution in [3.8, 4) is 0 Å². The minimum absolute atomic E-state index is 0. The van der Waals surface area contributed by atoms with Gasteiger partial charge in [-0.2, -0.15) is 6.42 Å². The molecule has 4 N–H and O–H groups in total. The summed E-state index contributed by atoms with van der Waals surface area (Å²) in [6.07, 6.45) is 12.3. The van der Waals surface area contributed by atoms with Crippen molar-refractivity contribution >= 4 is 11.9 Å². The largest absolute Gasteiger partial charge is 1.00 e. The topological polar surface area (TPSA) is 101 Å². The third-order valence-electron chi connectivity index (χ3n) is 2.77. The van der Waals surface area contributed by atoms with E-state index >= 15 is 0 Å². The van der Waals surface area contributed by atoms with Gasteiger partial charge in [-0.3, -0.25) is 9.59 Å². The molecular formula is C17H36KNO4. The van der Waals surface area contributed by atoms with Crippen LogP contribution in [0.2, 0.25) is 0 Å². The van der Waals surface area contributed by atoms with Crippen molar-refractivity contribution in [2.24, 2.45) is 5.73 Å². The van der Waals surface area contributed by atoms with Gasteiger partial charge in [0, 0.05) is 6.42 Å². The van der Waals surface area contributed by atoms with Gasteiger partial charge in [-0.05, 0) is 6.42 Å². The van der Waals surface area contributed by atoms with Crippen LogP contribution in [0.5, 0.6) is 0 Å². The van der Waals surface area contributed by atoms with Crippen LogP contribution in [0.25, 0.3) is 0 Å². The van der Waals surface area contributed by atoms with Gasteiger partial charge in [0.15, 0.2) is 0 Å². The Morgan fingerprint density at radius 2 is 1.22 bits per heavy atom. The van der Waals surface area contributed by atoms with Gasteiger partial charge in [0.05, 0.1) is 6.54 Å². The SMILES string of the molecule is CCCCCCCCCC(=O)O.NCC(=O)O.[CH2-]CCCC.[K+]. The molecule has 0 saturated carbocycles. The van der Waals surface area contributed by atoms with Crippen molar-refractivity contribution in [3.05, 3.63) is 6.92 Å². The second-order valence-corrected chi connectivity index (χ2v) is 5.07. The van der Waals surface area contributed by atoms with Gasteiger partial charge >= 0.3 is 63.3 Å². The third kappa shape index (κ3) is 51.9. The van der Waals surface area contributed by atoms with Crippen LogP contribution in [-0.4, -0.2) is 28.7 Å². The van der Waals surface area contributed by atoms with Gasteiger partial charge in [0.25, 0.3) is 0 Å². The van der Waals surface area contributed by atoms with Crippen LogP contribution in [0.15, 0.2) is 0 Å². The Kier molecular flexibility index (Phi) is 41.4. The molecule has 0 aromatic heterocycles. The molecule has 0 bridgehead atoms. The number of nitrogens with two attached hydrogens (primary N) is 1. The van der Waals surface area contributed by atoms with E-state index in [0.29, 0.717) is 6.42 Å². The van der Waals surface area contributed by atoms with Gasteiger partial charge in [-0.1, -0.05) is 65.2 Å². The maximum absolute atomic E-state index is 10.1. The summed E-state index contributed by atoms with van der Waals surface area (Å²) in [6, 6.07) is 0. The van der Waals surface area contributed by atoms with Crippen molar-refractivity contribution in [2.45, 2.75) is 84.5 Å². The first-order valence-electron chi connectivity index (χ1n) is 8.39. The number of aliphatic carboxylic acids is 2. The molecular weight excluding hydrogens is 321 g/mol. The first-order chi connectivity index (χ1) is 10.5. The molecule has 0 amide bonds. The van der Waals surface area contributed by atoms with Crippen LogP contribution < -0.4 is 57.1 Å². The summed E-state index contributed by atoms with van der Waals surface area (Å²) in [5.74, 6) is -1.63. The van der Waals surface area contributed by atoms with E-state index in [-0.39, 0.29) is 57.9 Å². The monoisotopic (exact) mass is 357 g/mol. The Morgan fingerprint density at radius 3 is 1.48 bits per heavy atom. The van der Waals surface area contributed by atoms with E-state index in [9.17, 15) is 9.59 Å². The Bertz CT molecular complexity index is 237. The van der Waals surface area contributed by atoms with Crippen molar-refractivity contribution in [1.29, 1.82) is 0 Å². The van der Waals surface area contributed by atoms with Crippen LogP contribution in [0.1, 0.15) is 84.5 Å². The second kappa shape index (κ2) is 30.4. The fourth-order valence-corrected chi connectivity index (χ4v) is 1.48. The molecule has 6 heteroatoms. The molecule has 0 radical (unpaired) electrons. The molecule has 0 fully saturated rings. The molecule has 23 heavy (non-hydrogen) atoms. The molecule has 0 unspecified atom stereocenters. The van der Waals surface area contributed by atoms with E-state index in [0.717, 1.165) is 19.3 Å². The molecule has 0 aromatic carbocycles. The normalized spacial score (nSPS) is 8.70. The molecule has 5 nitrogen and oxygen atoms in total. The van der Waals surface area contributed by atoms with Gasteiger partial charge in [-0.25, -0.2) is 0 Å². The van der Waals surface area contributed by atoms with Crippen molar-refractivity contribution in [3.63, 3.8) is 0 Å². The average molecular weight is 358 g/mol. The number of hydrogen-bond donors (Lipinski definition) is 3. The summed E-state index contributed by atoms with van der Waals surface area (Å²) in [7, 11) is 0. The molecule has 0 atom stereocenters. The van der Waals surface area contributed by atoms with Crippen LogP contribution in [0, 0.1) is 6.92 Å². The zero-order chi connectivity index (χ0) is 17.6. The Labute approximate surface area is 185 Å². The zero-order valence-corrected chi connectivity index (χ0v) is 18.6. The standard InChI is InChI=1S/C10H20O2.C5H11.C2H5NO2.K/c1-2-3-4-5-6-7-8-9-10(11)12;1-3-5-4-2;3-1-2(4)5;/h2-9H2,1H3,(H,11,12);1,3-5H2,2H3;1,3H2,(H,4,5);/q;-1;;+1. The summed E-state index contributed by atoms with van der Waals surface area (Å²) >= 11 is 0. The summed E-state index contributed by atoms with van der Waals surface area (Å²) in [5.41, 5.74) is 4.57. The predicted octanol–water partition coefficient (Wildman–Crippen LogP) is 1.26. The molecule has 0 heterocycles. The van der Waals surface area contributed by atoms with Crippen LogP contribution >= 0.6 is 0 Å². The van der Waals surface area contributed by atoms with E-state index in [2.05, 4.69) is 26.5 Å². The Balaban J connectivity index is -0.000000137. The first-order valence-corrected chi connectivity index (χ1v) is 8.39. The van der Waals surface area contributed by atoms with Crippen LogP contribution in [0.4, 0.5) is 0 Å². The van der Waals surface area contributed by atoms with Gasteiger partial charge in [0.2, 0.25) is 0 Å². The predicted molar refractivity (Wildman–Crippen MR) is 91.8 cm³/mol. The number of rotatable bonds is 11. The number of carboxylic acid groups (broad SMARTS) is 2. The summed E-state index contributed by atoms with van der Waals surface area (Å²) in [5, 5.41) is 16.0.